The third-order valence-corrected chi connectivity index (χ3v) is 4.16. The third-order valence-electron chi connectivity index (χ3n) is 3.60. The zero-order valence-electron chi connectivity index (χ0n) is 11.0. The first-order chi connectivity index (χ1) is 9.55. The lowest BCUT2D eigenvalue weighted by Crippen LogP contribution is -2.49. The Morgan fingerprint density at radius 1 is 1.65 bits per heavy atom. The van der Waals surface area contributed by atoms with E-state index in [1.54, 1.807) is 13.0 Å². The fourth-order valence-corrected chi connectivity index (χ4v) is 3.15. The summed E-state index contributed by atoms with van der Waals surface area (Å²) in [6.45, 7) is 1.98. The van der Waals surface area contributed by atoms with E-state index < -0.39 is 23.5 Å². The number of rotatable bonds is 4. The molecular weight excluding hydrogens is 328 g/mol. The fourth-order valence-electron chi connectivity index (χ4n) is 2.71. The van der Waals surface area contributed by atoms with Gasteiger partial charge in [-0.1, -0.05) is 12.2 Å². The normalized spacial score (nSPS) is 31.9. The zero-order valence-corrected chi connectivity index (χ0v) is 12.6. The van der Waals surface area contributed by atoms with E-state index in [1.165, 1.54) is 0 Å². The Morgan fingerprint density at radius 2 is 2.40 bits per heavy atom. The van der Waals surface area contributed by atoms with E-state index in [0.29, 0.717) is 6.42 Å². The van der Waals surface area contributed by atoms with Gasteiger partial charge in [-0.3, -0.25) is 4.79 Å². The molecule has 0 amide bonds. The van der Waals surface area contributed by atoms with Gasteiger partial charge in [0.2, 0.25) is 0 Å². The first-order valence-corrected chi connectivity index (χ1v) is 7.23. The van der Waals surface area contributed by atoms with Gasteiger partial charge in [0.1, 0.15) is 16.7 Å². The van der Waals surface area contributed by atoms with Crippen molar-refractivity contribution < 1.29 is 23.9 Å². The van der Waals surface area contributed by atoms with E-state index in [9.17, 15) is 14.4 Å². The van der Waals surface area contributed by atoms with Crippen molar-refractivity contribution in [3.05, 3.63) is 22.7 Å². The third kappa shape index (κ3) is 2.44. The van der Waals surface area contributed by atoms with E-state index >= 15 is 0 Å². The molecule has 0 aromatic heterocycles. The molecular formula is C14H15BrO5. The summed E-state index contributed by atoms with van der Waals surface area (Å²) < 4.78 is 10.8. The molecule has 0 unspecified atom stereocenters. The molecule has 1 aliphatic carbocycles. The molecule has 1 spiro atoms. The average molecular weight is 343 g/mol. The van der Waals surface area contributed by atoms with Crippen LogP contribution in [0.4, 0.5) is 0 Å². The summed E-state index contributed by atoms with van der Waals surface area (Å²) in [4.78, 5) is 34.7. The molecule has 108 valence electrons. The van der Waals surface area contributed by atoms with Crippen LogP contribution >= 0.6 is 15.9 Å². The maximum atomic E-state index is 12.1. The van der Waals surface area contributed by atoms with Gasteiger partial charge in [-0.15, -0.1) is 0 Å². The SMILES string of the molecule is CCOC(=O)[C@H]1CC=C[C@@H](CC=O)[C@@]12C=C(Br)C(=O)O2. The number of carbonyl (C=O) groups excluding carboxylic acids is 3. The molecule has 0 aromatic rings. The molecule has 20 heavy (non-hydrogen) atoms. The molecule has 2 rings (SSSR count). The summed E-state index contributed by atoms with van der Waals surface area (Å²) in [7, 11) is 0. The lowest BCUT2D eigenvalue weighted by Gasteiger charge is -2.40. The van der Waals surface area contributed by atoms with Crippen LogP contribution in [0.25, 0.3) is 0 Å². The first kappa shape index (κ1) is 15.0. The van der Waals surface area contributed by atoms with Crippen molar-refractivity contribution in [2.24, 2.45) is 11.8 Å². The Hall–Kier alpha value is -1.43. The van der Waals surface area contributed by atoms with Gasteiger partial charge in [0, 0.05) is 12.3 Å². The summed E-state index contributed by atoms with van der Waals surface area (Å²) in [6.07, 6.45) is 6.59. The standard InChI is InChI=1S/C14H15BrO5/c1-2-19-12(17)10-5-3-4-9(6-7-16)14(10)8-11(15)13(18)20-14/h3-4,7-10H,2,5-6H2,1H3/t9-,10+,14-/m0/s1. The van der Waals surface area contributed by atoms with E-state index in [-0.39, 0.29) is 23.4 Å². The quantitative estimate of drug-likeness (QED) is 0.443. The average Bonchev–Trinajstić information content (AvgIpc) is 2.69. The highest BCUT2D eigenvalue weighted by atomic mass is 79.9. The minimum atomic E-state index is -1.13. The van der Waals surface area contributed by atoms with Gasteiger partial charge in [0.05, 0.1) is 6.61 Å². The molecule has 0 fully saturated rings. The summed E-state index contributed by atoms with van der Waals surface area (Å²) in [5.41, 5.74) is -1.13. The Balaban J connectivity index is 2.41. The van der Waals surface area contributed by atoms with Crippen LogP contribution in [0, 0.1) is 11.8 Å². The molecule has 0 radical (unpaired) electrons. The number of hydrogen-bond donors (Lipinski definition) is 0. The Morgan fingerprint density at radius 3 is 2.95 bits per heavy atom. The molecule has 5 nitrogen and oxygen atoms in total. The van der Waals surface area contributed by atoms with Crippen molar-refractivity contribution in [1.29, 1.82) is 0 Å². The molecule has 0 saturated carbocycles. The molecule has 0 N–H and O–H groups in total. The van der Waals surface area contributed by atoms with Gasteiger partial charge in [-0.2, -0.15) is 0 Å². The van der Waals surface area contributed by atoms with Crippen LogP contribution in [0.5, 0.6) is 0 Å². The Bertz CT molecular complexity index is 496. The second-order valence-electron chi connectivity index (χ2n) is 4.71. The molecule has 0 saturated heterocycles. The van der Waals surface area contributed by atoms with Gasteiger partial charge in [-0.25, -0.2) is 4.79 Å². The van der Waals surface area contributed by atoms with Crippen LogP contribution in [0.3, 0.4) is 0 Å². The maximum absolute atomic E-state index is 12.1. The molecule has 0 aromatic carbocycles. The largest absolute Gasteiger partial charge is 0.466 e. The predicted octanol–water partition coefficient (Wildman–Crippen LogP) is 1.91. The van der Waals surface area contributed by atoms with Gasteiger partial charge < -0.3 is 14.3 Å². The van der Waals surface area contributed by atoms with Crippen LogP contribution in [0.1, 0.15) is 19.8 Å². The first-order valence-electron chi connectivity index (χ1n) is 6.43. The molecule has 3 atom stereocenters. The number of carbonyl (C=O) groups is 3. The number of hydrogen-bond acceptors (Lipinski definition) is 5. The summed E-state index contributed by atoms with van der Waals surface area (Å²) in [6, 6.07) is 0. The van der Waals surface area contributed by atoms with Crippen molar-refractivity contribution in [1.82, 2.24) is 0 Å². The summed E-state index contributed by atoms with van der Waals surface area (Å²) >= 11 is 3.13. The van der Waals surface area contributed by atoms with Crippen molar-refractivity contribution in [3.63, 3.8) is 0 Å². The Kier molecular flexibility index (Phi) is 4.42. The van der Waals surface area contributed by atoms with E-state index in [0.717, 1.165) is 6.29 Å². The van der Waals surface area contributed by atoms with Gasteiger partial charge in [-0.05, 0) is 35.4 Å². The number of esters is 2. The highest BCUT2D eigenvalue weighted by molar-refractivity contribution is 9.12. The minimum Gasteiger partial charge on any atom is -0.466 e. The predicted molar refractivity (Wildman–Crippen MR) is 73.9 cm³/mol. The van der Waals surface area contributed by atoms with Crippen molar-refractivity contribution in [2.75, 3.05) is 6.61 Å². The smallest absolute Gasteiger partial charge is 0.345 e. The topological polar surface area (TPSA) is 69.7 Å². The second kappa shape index (κ2) is 5.91. The lowest BCUT2D eigenvalue weighted by atomic mass is 9.70. The van der Waals surface area contributed by atoms with E-state index in [4.69, 9.17) is 9.47 Å². The fraction of sp³-hybridized carbons (Fsp3) is 0.500. The van der Waals surface area contributed by atoms with Crippen LogP contribution in [0.15, 0.2) is 22.7 Å². The van der Waals surface area contributed by atoms with Crippen LogP contribution in [-0.4, -0.2) is 30.4 Å². The summed E-state index contributed by atoms with van der Waals surface area (Å²) in [5.74, 6) is -1.93. The van der Waals surface area contributed by atoms with Crippen molar-refractivity contribution in [2.45, 2.75) is 25.4 Å². The van der Waals surface area contributed by atoms with Gasteiger partial charge >= 0.3 is 11.9 Å². The number of allylic oxidation sites excluding steroid dienone is 1. The van der Waals surface area contributed by atoms with Crippen LogP contribution < -0.4 is 0 Å². The number of ether oxygens (including phenoxy) is 2. The number of aldehydes is 1. The molecule has 2 aliphatic rings. The maximum Gasteiger partial charge on any atom is 0.345 e. The summed E-state index contributed by atoms with van der Waals surface area (Å²) in [5, 5.41) is 0. The minimum absolute atomic E-state index is 0.177. The van der Waals surface area contributed by atoms with E-state index in [1.807, 2.05) is 12.2 Å². The van der Waals surface area contributed by atoms with E-state index in [2.05, 4.69) is 15.9 Å². The molecule has 0 bridgehead atoms. The zero-order chi connectivity index (χ0) is 14.8. The highest BCUT2D eigenvalue weighted by Crippen LogP contribution is 2.46. The van der Waals surface area contributed by atoms with Crippen molar-refractivity contribution in [3.8, 4) is 0 Å². The lowest BCUT2D eigenvalue weighted by molar-refractivity contribution is -0.169. The second-order valence-corrected chi connectivity index (χ2v) is 5.57. The van der Waals surface area contributed by atoms with Crippen LogP contribution in [0.2, 0.25) is 0 Å². The van der Waals surface area contributed by atoms with Crippen molar-refractivity contribution >= 4 is 34.2 Å². The number of halogens is 1. The van der Waals surface area contributed by atoms with Crippen LogP contribution in [-0.2, 0) is 23.9 Å². The van der Waals surface area contributed by atoms with Gasteiger partial charge in [0.15, 0.2) is 5.60 Å². The Labute approximate surface area is 125 Å². The highest BCUT2D eigenvalue weighted by Gasteiger charge is 2.55. The molecule has 1 heterocycles. The molecule has 1 aliphatic heterocycles. The monoisotopic (exact) mass is 342 g/mol. The van der Waals surface area contributed by atoms with Gasteiger partial charge in [0.25, 0.3) is 0 Å². The molecule has 6 heteroatoms.